The van der Waals surface area contributed by atoms with Crippen molar-refractivity contribution in [3.63, 3.8) is 0 Å². The second-order valence-electron chi connectivity index (χ2n) is 6.13. The fraction of sp³-hybridized carbons (Fsp3) is 0.263. The van der Waals surface area contributed by atoms with Gasteiger partial charge in [-0.3, -0.25) is 0 Å². The molecule has 3 aromatic rings. The molecule has 9 nitrogen and oxygen atoms in total. The molecule has 1 aromatic heterocycles. The first-order valence-corrected chi connectivity index (χ1v) is 10.9. The van der Waals surface area contributed by atoms with Gasteiger partial charge in [0.1, 0.15) is 6.61 Å². The molecule has 0 unspecified atom stereocenters. The highest BCUT2D eigenvalue weighted by Crippen LogP contribution is 2.36. The molecule has 30 heavy (non-hydrogen) atoms. The number of halogens is 1. The third-order valence-corrected chi connectivity index (χ3v) is 6.02. The van der Waals surface area contributed by atoms with Crippen LogP contribution in [0.1, 0.15) is 6.92 Å². The van der Waals surface area contributed by atoms with Crippen molar-refractivity contribution in [3.05, 3.63) is 47.5 Å². The Kier molecular flexibility index (Phi) is 5.80. The Bertz CT molecular complexity index is 1150. The molecule has 0 amide bonds. The molecule has 1 aliphatic rings. The van der Waals surface area contributed by atoms with Crippen molar-refractivity contribution in [2.75, 3.05) is 26.6 Å². The van der Waals surface area contributed by atoms with E-state index >= 15 is 0 Å². The van der Waals surface area contributed by atoms with Crippen LogP contribution in [0.3, 0.4) is 0 Å². The van der Waals surface area contributed by atoms with Gasteiger partial charge in [0.2, 0.25) is 6.79 Å². The summed E-state index contributed by atoms with van der Waals surface area (Å²) in [5.74, 6) is 1.14. The van der Waals surface area contributed by atoms with Gasteiger partial charge in [-0.2, -0.15) is 13.4 Å². The molecular formula is C19H18ClN3O6S. The van der Waals surface area contributed by atoms with E-state index in [9.17, 15) is 8.42 Å². The Morgan fingerprint density at radius 3 is 2.63 bits per heavy atom. The monoisotopic (exact) mass is 451 g/mol. The average molecular weight is 452 g/mol. The van der Waals surface area contributed by atoms with Crippen LogP contribution >= 0.6 is 11.6 Å². The van der Waals surface area contributed by atoms with E-state index in [4.69, 9.17) is 30.5 Å². The van der Waals surface area contributed by atoms with Gasteiger partial charge < -0.3 is 18.9 Å². The number of ether oxygens (including phenoxy) is 4. The molecule has 11 heteroatoms. The van der Waals surface area contributed by atoms with Gasteiger partial charge in [0.15, 0.2) is 17.3 Å². The predicted molar refractivity (Wildman–Crippen MR) is 108 cm³/mol. The molecule has 0 bridgehead atoms. The van der Waals surface area contributed by atoms with Crippen LogP contribution in [0, 0.1) is 0 Å². The van der Waals surface area contributed by atoms with Crippen LogP contribution in [0.25, 0.3) is 11.4 Å². The van der Waals surface area contributed by atoms with Gasteiger partial charge in [-0.05, 0) is 49.4 Å². The van der Waals surface area contributed by atoms with E-state index in [1.165, 1.54) is 24.3 Å². The lowest BCUT2D eigenvalue weighted by Crippen LogP contribution is -2.16. The maximum Gasteiger partial charge on any atom is 0.337 e. The number of fused-ring (bicyclic) bond motifs is 1. The molecule has 158 valence electrons. The van der Waals surface area contributed by atoms with Gasteiger partial charge >= 0.3 is 6.01 Å². The van der Waals surface area contributed by atoms with Crippen molar-refractivity contribution >= 4 is 21.6 Å². The molecule has 0 N–H and O–H groups in total. The van der Waals surface area contributed by atoms with E-state index in [2.05, 4.69) is 10.1 Å². The SMILES string of the molecule is CCOCCOc1nc(-c2ccc3c(c2)OCO3)n(S(=O)(=O)c2ccc(Cl)cc2)n1. The summed E-state index contributed by atoms with van der Waals surface area (Å²) >= 11 is 5.89. The summed E-state index contributed by atoms with van der Waals surface area (Å²) in [5.41, 5.74) is 0.476. The topological polar surface area (TPSA) is 102 Å². The molecule has 0 radical (unpaired) electrons. The highest BCUT2D eigenvalue weighted by molar-refractivity contribution is 7.90. The number of hydrogen-bond donors (Lipinski definition) is 0. The van der Waals surface area contributed by atoms with E-state index in [1.54, 1.807) is 18.2 Å². The van der Waals surface area contributed by atoms with Crippen molar-refractivity contribution in [2.24, 2.45) is 0 Å². The van der Waals surface area contributed by atoms with Crippen LogP contribution in [-0.2, 0) is 14.8 Å². The first-order chi connectivity index (χ1) is 14.5. The standard InChI is InChI=1S/C19H18ClN3O6S/c1-2-26-9-10-27-19-21-18(13-3-8-16-17(11-13)29-12-28-16)23(22-19)30(24,25)15-6-4-14(20)5-7-15/h3-8,11H,2,9-10,12H2,1H3. The maximum absolute atomic E-state index is 13.2. The first kappa shape index (κ1) is 20.5. The highest BCUT2D eigenvalue weighted by atomic mass is 35.5. The summed E-state index contributed by atoms with van der Waals surface area (Å²) in [6.45, 7) is 3.01. The Hall–Kier alpha value is -2.82. The normalized spacial score (nSPS) is 12.9. The lowest BCUT2D eigenvalue weighted by molar-refractivity contribution is 0.106. The number of hydrogen-bond acceptors (Lipinski definition) is 8. The molecule has 0 spiro atoms. The molecule has 0 aliphatic carbocycles. The minimum atomic E-state index is -4.06. The van der Waals surface area contributed by atoms with Crippen molar-refractivity contribution in [3.8, 4) is 28.9 Å². The summed E-state index contributed by atoms with van der Waals surface area (Å²) in [7, 11) is -4.06. The molecule has 2 heterocycles. The Labute approximate surface area is 178 Å². The molecular weight excluding hydrogens is 434 g/mol. The third kappa shape index (κ3) is 4.07. The highest BCUT2D eigenvalue weighted by Gasteiger charge is 2.27. The fourth-order valence-electron chi connectivity index (χ4n) is 2.76. The van der Waals surface area contributed by atoms with Crippen LogP contribution in [0.5, 0.6) is 17.5 Å². The molecule has 0 atom stereocenters. The minimum Gasteiger partial charge on any atom is -0.460 e. The number of benzene rings is 2. The summed E-state index contributed by atoms with van der Waals surface area (Å²) in [4.78, 5) is 4.30. The zero-order valence-electron chi connectivity index (χ0n) is 15.9. The molecule has 2 aromatic carbocycles. The predicted octanol–water partition coefficient (Wildman–Crippen LogP) is 2.98. The molecule has 0 fully saturated rings. The summed E-state index contributed by atoms with van der Waals surface area (Å²) in [6, 6.07) is 10.7. The quantitative estimate of drug-likeness (QED) is 0.482. The number of rotatable bonds is 8. The van der Waals surface area contributed by atoms with Crippen LogP contribution in [0.4, 0.5) is 0 Å². The van der Waals surface area contributed by atoms with Crippen LogP contribution in [0.2, 0.25) is 5.02 Å². The fourth-order valence-corrected chi connectivity index (χ4v) is 4.12. The summed E-state index contributed by atoms with van der Waals surface area (Å²) < 4.78 is 48.7. The van der Waals surface area contributed by atoms with Crippen LogP contribution < -0.4 is 14.2 Å². The van der Waals surface area contributed by atoms with Crippen LogP contribution in [0.15, 0.2) is 47.4 Å². The van der Waals surface area contributed by atoms with Crippen molar-refractivity contribution < 1.29 is 27.4 Å². The Morgan fingerprint density at radius 1 is 1.10 bits per heavy atom. The van der Waals surface area contributed by atoms with Gasteiger partial charge in [0.05, 0.1) is 11.5 Å². The smallest absolute Gasteiger partial charge is 0.337 e. The van der Waals surface area contributed by atoms with Crippen LogP contribution in [-0.4, -0.2) is 49.2 Å². The zero-order chi connectivity index (χ0) is 21.1. The van der Waals surface area contributed by atoms with Gasteiger partial charge in [0, 0.05) is 17.2 Å². The van der Waals surface area contributed by atoms with E-state index in [-0.39, 0.29) is 30.1 Å². The summed E-state index contributed by atoms with van der Waals surface area (Å²) in [6.07, 6.45) is 0. The lowest BCUT2D eigenvalue weighted by Gasteiger charge is -2.08. The van der Waals surface area contributed by atoms with E-state index in [0.717, 1.165) is 4.09 Å². The van der Waals surface area contributed by atoms with Gasteiger partial charge in [0.25, 0.3) is 10.0 Å². The Morgan fingerprint density at radius 2 is 1.87 bits per heavy atom. The second-order valence-corrected chi connectivity index (χ2v) is 8.34. The zero-order valence-corrected chi connectivity index (χ0v) is 17.5. The lowest BCUT2D eigenvalue weighted by atomic mass is 10.2. The summed E-state index contributed by atoms with van der Waals surface area (Å²) in [5, 5.41) is 4.50. The largest absolute Gasteiger partial charge is 0.460 e. The number of aromatic nitrogens is 3. The van der Waals surface area contributed by atoms with Crippen molar-refractivity contribution in [2.45, 2.75) is 11.8 Å². The Balaban J connectivity index is 1.75. The average Bonchev–Trinajstić information content (AvgIpc) is 3.38. The third-order valence-electron chi connectivity index (χ3n) is 4.19. The number of nitrogens with zero attached hydrogens (tertiary/aromatic N) is 3. The first-order valence-electron chi connectivity index (χ1n) is 9.08. The van der Waals surface area contributed by atoms with Gasteiger partial charge in [-0.15, -0.1) is 4.09 Å². The van der Waals surface area contributed by atoms with Crippen molar-refractivity contribution in [1.29, 1.82) is 0 Å². The second kappa shape index (κ2) is 8.50. The van der Waals surface area contributed by atoms with Gasteiger partial charge in [-0.1, -0.05) is 16.7 Å². The van der Waals surface area contributed by atoms with E-state index < -0.39 is 10.0 Å². The molecule has 1 aliphatic heterocycles. The van der Waals surface area contributed by atoms with Gasteiger partial charge in [-0.25, -0.2) is 0 Å². The molecule has 4 rings (SSSR count). The minimum absolute atomic E-state index is 0.0136. The van der Waals surface area contributed by atoms with E-state index in [1.807, 2.05) is 6.92 Å². The molecule has 0 saturated carbocycles. The van der Waals surface area contributed by atoms with Crippen molar-refractivity contribution in [1.82, 2.24) is 14.2 Å². The maximum atomic E-state index is 13.2. The van der Waals surface area contributed by atoms with E-state index in [0.29, 0.717) is 35.3 Å². The molecule has 0 saturated heterocycles.